The molecule has 1 aromatic rings. The molecule has 32 heavy (non-hydrogen) atoms. The number of likely N-dealkylation sites (tertiary alicyclic amines) is 1. The summed E-state index contributed by atoms with van der Waals surface area (Å²) in [6.07, 6.45) is 0. The van der Waals surface area contributed by atoms with Gasteiger partial charge in [0, 0.05) is 7.05 Å². The normalized spacial score (nSPS) is 22.8. The number of aryl methyl sites for hydroxylation is 2. The van der Waals surface area contributed by atoms with Crippen molar-refractivity contribution in [3.63, 3.8) is 0 Å². The predicted octanol–water partition coefficient (Wildman–Crippen LogP) is -2.01. The Kier molecular flexibility index (Phi) is 3.29. The fourth-order valence-electron chi connectivity index (χ4n) is 4.91. The average Bonchev–Trinajstić information content (AvgIpc) is 2.73. The summed E-state index contributed by atoms with van der Waals surface area (Å²) in [5.41, 5.74) is -3.72. The van der Waals surface area contributed by atoms with E-state index < -0.39 is 58.1 Å². The van der Waals surface area contributed by atoms with Crippen LogP contribution in [0.3, 0.4) is 0 Å². The van der Waals surface area contributed by atoms with Crippen LogP contribution in [-0.2, 0) is 38.4 Å². The first-order chi connectivity index (χ1) is 14.9. The molecular weight excluding hydrogens is 424 g/mol. The van der Waals surface area contributed by atoms with Crippen LogP contribution in [-0.4, -0.2) is 59.2 Å². The Bertz CT molecular complexity index is 1260. The highest BCUT2D eigenvalue weighted by atomic mass is 16.2. The van der Waals surface area contributed by atoms with Gasteiger partial charge in [-0.05, 0) is 37.5 Å². The van der Waals surface area contributed by atoms with E-state index in [1.54, 1.807) is 13.8 Å². The van der Waals surface area contributed by atoms with Crippen molar-refractivity contribution < 1.29 is 38.4 Å². The molecule has 5 rings (SSSR count). The minimum atomic E-state index is -2.38. The lowest BCUT2D eigenvalue weighted by atomic mass is 9.68. The number of nitrogens with one attached hydrogen (secondary N) is 1. The molecular formula is C20H14N4O8. The van der Waals surface area contributed by atoms with E-state index in [9.17, 15) is 38.4 Å². The van der Waals surface area contributed by atoms with Gasteiger partial charge in [-0.1, -0.05) is 6.07 Å². The van der Waals surface area contributed by atoms with Crippen LogP contribution in [0.25, 0.3) is 0 Å². The van der Waals surface area contributed by atoms with Gasteiger partial charge in [-0.3, -0.25) is 48.6 Å². The summed E-state index contributed by atoms with van der Waals surface area (Å²) in [7, 11) is 1.16. The molecule has 8 amide bonds. The fraction of sp³-hybridized carbons (Fsp3) is 0.300. The Balaban J connectivity index is 1.59. The molecule has 0 aliphatic carbocycles. The number of β-lactam (4-membered cyclic amide) rings is 8. The number of hydrogen-bond acceptors (Lipinski definition) is 8. The summed E-state index contributed by atoms with van der Waals surface area (Å²) >= 11 is 0. The average molecular weight is 438 g/mol. The van der Waals surface area contributed by atoms with Crippen LogP contribution in [0.15, 0.2) is 6.07 Å². The van der Waals surface area contributed by atoms with Crippen molar-refractivity contribution in [2.75, 3.05) is 16.8 Å². The molecule has 0 unspecified atom stereocenters. The maximum atomic E-state index is 12.9. The second-order valence-corrected chi connectivity index (χ2v) is 8.18. The third-order valence-corrected chi connectivity index (χ3v) is 6.59. The van der Waals surface area contributed by atoms with Crippen LogP contribution < -0.4 is 15.1 Å². The van der Waals surface area contributed by atoms with E-state index in [-0.39, 0.29) is 16.9 Å². The number of hydrogen-bond donors (Lipinski definition) is 1. The van der Waals surface area contributed by atoms with E-state index in [2.05, 4.69) is 0 Å². The van der Waals surface area contributed by atoms with Crippen LogP contribution in [0.2, 0.25) is 0 Å². The molecule has 12 nitrogen and oxygen atoms in total. The highest BCUT2D eigenvalue weighted by Gasteiger charge is 2.80. The summed E-state index contributed by atoms with van der Waals surface area (Å²) in [4.78, 5) is 101. The van der Waals surface area contributed by atoms with Crippen LogP contribution in [0.4, 0.5) is 11.4 Å². The Hall–Kier alpha value is -4.22. The van der Waals surface area contributed by atoms with Crippen molar-refractivity contribution in [1.82, 2.24) is 10.2 Å². The predicted molar refractivity (Wildman–Crippen MR) is 101 cm³/mol. The Morgan fingerprint density at radius 1 is 0.625 bits per heavy atom. The highest BCUT2D eigenvalue weighted by Crippen LogP contribution is 2.51. The first-order valence-corrected chi connectivity index (χ1v) is 9.45. The molecule has 2 spiro atoms. The van der Waals surface area contributed by atoms with Gasteiger partial charge in [0.15, 0.2) is 0 Å². The zero-order valence-corrected chi connectivity index (χ0v) is 17.2. The minimum absolute atomic E-state index is 0.0173. The maximum Gasteiger partial charge on any atom is 0.285 e. The molecule has 4 saturated heterocycles. The highest BCUT2D eigenvalue weighted by molar-refractivity contribution is 6.60. The lowest BCUT2D eigenvalue weighted by molar-refractivity contribution is -0.185. The number of nitrogens with zero attached hydrogens (tertiary/aromatic N) is 3. The first-order valence-electron chi connectivity index (χ1n) is 9.45. The van der Waals surface area contributed by atoms with Gasteiger partial charge in [0.2, 0.25) is 0 Å². The quantitative estimate of drug-likeness (QED) is 0.410. The zero-order chi connectivity index (χ0) is 23.7. The molecule has 0 radical (unpaired) electrons. The third kappa shape index (κ3) is 1.59. The molecule has 162 valence electrons. The largest absolute Gasteiger partial charge is 0.293 e. The van der Waals surface area contributed by atoms with Crippen molar-refractivity contribution in [2.24, 2.45) is 10.8 Å². The molecule has 0 bridgehead atoms. The van der Waals surface area contributed by atoms with Crippen LogP contribution in [0.5, 0.6) is 0 Å². The van der Waals surface area contributed by atoms with E-state index in [1.807, 2.05) is 5.32 Å². The summed E-state index contributed by atoms with van der Waals surface area (Å²) in [6.45, 7) is 4.59. The molecule has 4 aliphatic rings. The Morgan fingerprint density at radius 3 is 1.38 bits per heavy atom. The molecule has 0 aromatic heterocycles. The van der Waals surface area contributed by atoms with Crippen molar-refractivity contribution in [3.8, 4) is 0 Å². The minimum Gasteiger partial charge on any atom is -0.293 e. The number of anilines is 2. The van der Waals surface area contributed by atoms with Gasteiger partial charge in [0.25, 0.3) is 58.1 Å². The van der Waals surface area contributed by atoms with Gasteiger partial charge in [-0.25, -0.2) is 9.80 Å². The number of benzene rings is 1. The second kappa shape index (κ2) is 5.33. The van der Waals surface area contributed by atoms with Gasteiger partial charge in [-0.15, -0.1) is 0 Å². The van der Waals surface area contributed by atoms with Crippen molar-refractivity contribution in [3.05, 3.63) is 22.8 Å². The number of carbonyl (C=O) groups excluding carboxylic acids is 8. The molecule has 4 heterocycles. The maximum absolute atomic E-state index is 12.9. The van der Waals surface area contributed by atoms with Crippen LogP contribution in [0.1, 0.15) is 16.7 Å². The Morgan fingerprint density at radius 2 is 1.00 bits per heavy atom. The number of carbonyl (C=O) groups is 8. The summed E-state index contributed by atoms with van der Waals surface area (Å²) in [5, 5.41) is 1.85. The summed E-state index contributed by atoms with van der Waals surface area (Å²) < 4.78 is 0. The van der Waals surface area contributed by atoms with Gasteiger partial charge >= 0.3 is 0 Å². The smallest absolute Gasteiger partial charge is 0.285 e. The zero-order valence-electron chi connectivity index (χ0n) is 17.2. The second-order valence-electron chi connectivity index (χ2n) is 8.18. The molecule has 0 saturated carbocycles. The number of imide groups is 4. The van der Waals surface area contributed by atoms with Gasteiger partial charge in [0.05, 0.1) is 11.4 Å². The summed E-state index contributed by atoms with van der Waals surface area (Å²) in [5.74, 6) is -7.91. The van der Waals surface area contributed by atoms with E-state index in [1.165, 1.54) is 13.0 Å². The van der Waals surface area contributed by atoms with Crippen LogP contribution in [0, 0.1) is 31.6 Å². The summed E-state index contributed by atoms with van der Waals surface area (Å²) in [6, 6.07) is 1.51. The molecule has 12 heteroatoms. The van der Waals surface area contributed by atoms with E-state index in [4.69, 9.17) is 0 Å². The van der Waals surface area contributed by atoms with Crippen molar-refractivity contribution in [1.29, 1.82) is 0 Å². The standard InChI is InChI=1S/C20H14N4O8/c1-6-5-7(2)10(24-17(31)20(18(24)32)13(27)22(4)14(20)28)8(3)9(6)23-15(29)19(16(23)30)11(25)21-12(19)26/h5H,1-4H3,(H,21,25,26). The molecule has 1 aromatic carbocycles. The third-order valence-electron chi connectivity index (χ3n) is 6.59. The van der Waals surface area contributed by atoms with Gasteiger partial charge in [-0.2, -0.15) is 0 Å². The fourth-order valence-corrected chi connectivity index (χ4v) is 4.91. The van der Waals surface area contributed by atoms with Gasteiger partial charge < -0.3 is 0 Å². The topological polar surface area (TPSA) is 158 Å². The van der Waals surface area contributed by atoms with E-state index in [0.29, 0.717) is 25.8 Å². The number of rotatable bonds is 2. The number of amides is 8. The molecule has 4 fully saturated rings. The lowest BCUT2D eigenvalue weighted by Gasteiger charge is -2.52. The SMILES string of the molecule is Cc1cc(C)c(N2C(=O)C3(C(=O)N(C)C3=O)C2=O)c(C)c1N1C(=O)C2(C(=O)NC2=O)C1=O. The Labute approximate surface area is 179 Å². The molecule has 1 N–H and O–H groups in total. The molecule has 4 aliphatic heterocycles. The van der Waals surface area contributed by atoms with Crippen LogP contribution >= 0.6 is 0 Å². The lowest BCUT2D eigenvalue weighted by Crippen LogP contribution is -2.84. The van der Waals surface area contributed by atoms with E-state index in [0.717, 1.165) is 7.05 Å². The van der Waals surface area contributed by atoms with E-state index >= 15 is 0 Å². The monoisotopic (exact) mass is 438 g/mol. The van der Waals surface area contributed by atoms with Gasteiger partial charge in [0.1, 0.15) is 0 Å². The van der Waals surface area contributed by atoms with Crippen molar-refractivity contribution in [2.45, 2.75) is 20.8 Å². The first kappa shape index (κ1) is 19.7. The van der Waals surface area contributed by atoms with Crippen molar-refractivity contribution >= 4 is 58.6 Å². The molecule has 0 atom stereocenters.